The van der Waals surface area contributed by atoms with Gasteiger partial charge < -0.3 is 39.8 Å². The number of hydrogen-bond donors (Lipinski definition) is 3. The molecule has 2 aromatic carbocycles. The van der Waals surface area contributed by atoms with Crippen molar-refractivity contribution in [3.05, 3.63) is 88.8 Å². The largest absolute Gasteiger partial charge is 0.494 e. The molecule has 6 rings (SSSR count). The monoisotopic (exact) mass is 1020 g/mol. The van der Waals surface area contributed by atoms with Gasteiger partial charge in [0.2, 0.25) is 17.7 Å². The number of likely N-dealkylation sites (tertiary alicyclic amines) is 1. The Morgan fingerprint density at radius 1 is 0.972 bits per heavy atom. The number of carbonyl (C=O) groups excluding carboxylic acids is 4. The molecule has 1 unspecified atom stereocenters. The summed E-state index contributed by atoms with van der Waals surface area (Å²) in [4.78, 5) is 67.6. The third kappa shape index (κ3) is 13.5. The predicted octanol–water partition coefficient (Wildman–Crippen LogP) is 7.10. The number of alkyl halides is 3. The number of thiazole rings is 1. The van der Waals surface area contributed by atoms with Gasteiger partial charge in [0.25, 0.3) is 5.91 Å². The smallest absolute Gasteiger partial charge is 0.417 e. The fourth-order valence-electron chi connectivity index (χ4n) is 8.21. The molecule has 71 heavy (non-hydrogen) atoms. The number of anilines is 2. The molecule has 0 radical (unpaired) electrons. The van der Waals surface area contributed by atoms with Gasteiger partial charge in [0, 0.05) is 50.2 Å². The maximum atomic E-state index is 13.9. The number of thiocarbonyl (C=S) groups is 1. The van der Waals surface area contributed by atoms with Crippen LogP contribution < -0.4 is 25.2 Å². The van der Waals surface area contributed by atoms with E-state index >= 15 is 0 Å². The van der Waals surface area contributed by atoms with Crippen LogP contribution in [0.5, 0.6) is 5.75 Å². The van der Waals surface area contributed by atoms with E-state index in [1.165, 1.54) is 22.3 Å². The summed E-state index contributed by atoms with van der Waals surface area (Å²) in [6.07, 6.45) is -0.981. The number of nitrogens with zero attached hydrogens (tertiary/aromatic N) is 6. The van der Waals surface area contributed by atoms with E-state index in [1.807, 2.05) is 39.8 Å². The zero-order valence-electron chi connectivity index (χ0n) is 40.5. The third-order valence-electron chi connectivity index (χ3n) is 12.0. The first-order chi connectivity index (χ1) is 33.6. The van der Waals surface area contributed by atoms with Crippen molar-refractivity contribution in [1.82, 2.24) is 25.5 Å². The summed E-state index contributed by atoms with van der Waals surface area (Å²) in [5.74, 6) is -1.32. The Morgan fingerprint density at radius 3 is 2.31 bits per heavy atom. The number of aliphatic hydroxyl groups is 1. The molecule has 21 heteroatoms. The zero-order chi connectivity index (χ0) is 51.7. The first kappa shape index (κ1) is 54.3. The number of benzene rings is 2. The van der Waals surface area contributed by atoms with Crippen LogP contribution in [0.1, 0.15) is 89.2 Å². The highest BCUT2D eigenvalue weighted by Crippen LogP contribution is 2.40. The summed E-state index contributed by atoms with van der Waals surface area (Å²) >= 11 is 7.14. The highest BCUT2D eigenvalue weighted by Gasteiger charge is 2.51. The molecule has 2 saturated heterocycles. The highest BCUT2D eigenvalue weighted by molar-refractivity contribution is 7.81. The van der Waals surface area contributed by atoms with Crippen LogP contribution in [0.25, 0.3) is 10.4 Å². The number of unbranched alkanes of at least 4 members (excludes halogenated alkanes) is 2. The second-order valence-corrected chi connectivity index (χ2v) is 20.1. The van der Waals surface area contributed by atoms with Gasteiger partial charge in [0.1, 0.15) is 30.0 Å². The number of ether oxygens (including phenoxy) is 3. The number of aliphatic hydroxyl groups excluding tert-OH is 1. The van der Waals surface area contributed by atoms with Crippen molar-refractivity contribution in [3.63, 3.8) is 0 Å². The molecule has 4 aromatic rings. The predicted molar refractivity (Wildman–Crippen MR) is 264 cm³/mol. The van der Waals surface area contributed by atoms with Gasteiger partial charge in [-0.25, -0.2) is 4.98 Å². The molecule has 3 atom stereocenters. The molecule has 2 aliphatic rings. The normalized spacial score (nSPS) is 17.3. The number of aromatic nitrogens is 2. The summed E-state index contributed by atoms with van der Waals surface area (Å²) < 4.78 is 58.3. The van der Waals surface area contributed by atoms with Gasteiger partial charge >= 0.3 is 6.18 Å². The van der Waals surface area contributed by atoms with Crippen LogP contribution >= 0.6 is 23.6 Å². The highest BCUT2D eigenvalue weighted by atomic mass is 32.1. The Labute approximate surface area is 420 Å². The maximum absolute atomic E-state index is 13.9. The number of nitrogens with one attached hydrogen (secondary N) is 2. The Hall–Kier alpha value is -6.05. The van der Waals surface area contributed by atoms with E-state index in [0.29, 0.717) is 43.4 Å². The van der Waals surface area contributed by atoms with Crippen LogP contribution in [0.2, 0.25) is 0 Å². The van der Waals surface area contributed by atoms with Gasteiger partial charge in [-0.05, 0) is 113 Å². The summed E-state index contributed by atoms with van der Waals surface area (Å²) in [6.45, 7) is 12.1. The van der Waals surface area contributed by atoms with E-state index in [2.05, 4.69) is 20.6 Å². The van der Waals surface area contributed by atoms with Crippen molar-refractivity contribution >= 4 is 63.7 Å². The van der Waals surface area contributed by atoms with Gasteiger partial charge in [0.15, 0.2) is 5.11 Å². The zero-order valence-corrected chi connectivity index (χ0v) is 42.1. The van der Waals surface area contributed by atoms with Crippen molar-refractivity contribution in [2.75, 3.05) is 49.4 Å². The lowest BCUT2D eigenvalue weighted by atomic mass is 9.85. The van der Waals surface area contributed by atoms with Crippen LogP contribution in [0.3, 0.4) is 0 Å². The molecule has 2 aliphatic heterocycles. The van der Waals surface area contributed by atoms with E-state index in [4.69, 9.17) is 26.4 Å². The molecule has 4 amide bonds. The number of aryl methyl sites for hydroxylation is 1. The summed E-state index contributed by atoms with van der Waals surface area (Å²) in [5, 5.41) is 25.4. The molecule has 0 saturated carbocycles. The van der Waals surface area contributed by atoms with Crippen molar-refractivity contribution in [1.29, 1.82) is 5.26 Å². The molecule has 380 valence electrons. The average molecular weight is 1020 g/mol. The van der Waals surface area contributed by atoms with Crippen molar-refractivity contribution in [3.8, 4) is 22.3 Å². The van der Waals surface area contributed by atoms with Crippen molar-refractivity contribution in [2.24, 2.45) is 5.41 Å². The quantitative estimate of drug-likeness (QED) is 0.0565. The fourth-order valence-corrected chi connectivity index (χ4v) is 9.53. The van der Waals surface area contributed by atoms with Crippen molar-refractivity contribution in [2.45, 2.75) is 110 Å². The molecular formula is C50H59F3N8O8S2. The molecule has 4 heterocycles. The minimum Gasteiger partial charge on any atom is -0.494 e. The molecule has 0 bridgehead atoms. The maximum Gasteiger partial charge on any atom is 0.417 e. The van der Waals surface area contributed by atoms with E-state index in [9.17, 15) is 42.7 Å². The third-order valence-corrected chi connectivity index (χ3v) is 13.4. The van der Waals surface area contributed by atoms with Gasteiger partial charge in [-0.2, -0.15) is 18.4 Å². The van der Waals surface area contributed by atoms with E-state index < -0.39 is 70.1 Å². The number of β-amino-alcohol motifs (C(OH)–C–C–N with tert-alkyl or cyclic N) is 1. The minimum absolute atomic E-state index is 0.000564. The minimum atomic E-state index is -4.80. The SMILES string of the molecule is Cc1ncsc1-c1ccc(CNC(=O)[C@@H]2C[C@@H](O)CN2C(=O)C(NC(=O)COCCCOCCCCCOc2ccc(N3C(=S)N(c4ccc(C#N)c(C(F)(F)F)c4)C(=O)C3(C)C)cc2)C(C)(C)C)nc1. The Kier molecular flexibility index (Phi) is 17.9. The lowest BCUT2D eigenvalue weighted by Crippen LogP contribution is -2.58. The number of pyridine rings is 1. The van der Waals surface area contributed by atoms with E-state index in [0.717, 1.165) is 52.4 Å². The second kappa shape index (κ2) is 23.5. The van der Waals surface area contributed by atoms with Gasteiger partial charge in [-0.1, -0.05) is 26.8 Å². The van der Waals surface area contributed by atoms with Crippen molar-refractivity contribution < 1.29 is 51.7 Å². The number of amides is 4. The van der Waals surface area contributed by atoms with Crippen LogP contribution in [0.4, 0.5) is 24.5 Å². The van der Waals surface area contributed by atoms with Gasteiger partial charge in [0.05, 0.1) is 63.9 Å². The average Bonchev–Trinajstić information content (AvgIpc) is 3.99. The Morgan fingerprint density at radius 2 is 1.66 bits per heavy atom. The first-order valence-corrected chi connectivity index (χ1v) is 24.5. The van der Waals surface area contributed by atoms with E-state index in [1.54, 1.807) is 60.8 Å². The molecule has 16 nitrogen and oxygen atoms in total. The Balaban J connectivity index is 0.851. The summed E-state index contributed by atoms with van der Waals surface area (Å²) in [6, 6.07) is 13.3. The van der Waals surface area contributed by atoms with Crippen LogP contribution in [0.15, 0.2) is 66.3 Å². The Bertz CT molecular complexity index is 2580. The fraction of sp³-hybridized carbons (Fsp3) is 0.480. The first-order valence-electron chi connectivity index (χ1n) is 23.2. The number of rotatable bonds is 21. The summed E-state index contributed by atoms with van der Waals surface area (Å²) in [5.41, 5.74) is 1.06. The standard InChI is InChI=1S/C50H59F3N8O8S2/c1-31-42(71-30-57-31)33-11-13-34(55-26-33)27-56-44(64)40-24-37(62)28-59(40)45(65)43(48(2,3)4)58-41(63)29-68-21-10-20-67-19-8-7-9-22-69-38-17-15-35(16-18-38)61-47(70)60(46(66)49(61,5)6)36-14-12-32(25-54)39(23-36)50(51,52)53/h11-18,23,26,30,37,40,43,62H,7-10,19-22,24,27-29H2,1-6H3,(H,56,64)(H,58,63)/t37-,40+,43?/m1/s1. The number of carbonyl (C=O) groups is 4. The topological polar surface area (TPSA) is 200 Å². The molecule has 0 spiro atoms. The molecule has 2 fully saturated rings. The van der Waals surface area contributed by atoms with Crippen LogP contribution in [0, 0.1) is 23.7 Å². The number of nitriles is 1. The lowest BCUT2D eigenvalue weighted by Gasteiger charge is -2.35. The lowest BCUT2D eigenvalue weighted by molar-refractivity contribution is -0.144. The molecule has 3 N–H and O–H groups in total. The van der Waals surface area contributed by atoms with Gasteiger partial charge in [-0.3, -0.25) is 29.1 Å². The molecule has 2 aromatic heterocycles. The molecular weight excluding hydrogens is 962 g/mol. The van der Waals surface area contributed by atoms with Crippen LogP contribution in [-0.2, 0) is 41.4 Å². The summed E-state index contributed by atoms with van der Waals surface area (Å²) in [7, 11) is 0. The van der Waals surface area contributed by atoms with E-state index in [-0.39, 0.29) is 43.5 Å². The second-order valence-electron chi connectivity index (χ2n) is 18.9. The number of hydrogen-bond acceptors (Lipinski definition) is 13. The number of halogens is 3. The van der Waals surface area contributed by atoms with Gasteiger partial charge in [-0.15, -0.1) is 11.3 Å². The molecule has 0 aliphatic carbocycles. The van der Waals surface area contributed by atoms with Crippen LogP contribution in [-0.4, -0.2) is 112 Å².